The first-order chi connectivity index (χ1) is 9.58. The normalized spacial score (nSPS) is 11.0. The molecule has 102 valence electrons. The average Bonchev–Trinajstić information content (AvgIpc) is 2.76. The number of hydrogen-bond acceptors (Lipinski definition) is 5. The summed E-state index contributed by atoms with van der Waals surface area (Å²) in [6, 6.07) is 5.62. The third kappa shape index (κ3) is 2.23. The highest BCUT2D eigenvalue weighted by Gasteiger charge is 2.14. The summed E-state index contributed by atoms with van der Waals surface area (Å²) in [6.07, 6.45) is 0. The standard InChI is InChI=1S/C14H13ClN4S/c1-7-12(20-8(2)17-7)14-18-11-5-4-9(15)6-10(11)13(16-3)19-14/h4-6H,1-3H3,(H,16,18,19). The van der Waals surface area contributed by atoms with Crippen molar-refractivity contribution >= 4 is 39.7 Å². The zero-order valence-electron chi connectivity index (χ0n) is 11.4. The van der Waals surface area contributed by atoms with Crippen LogP contribution in [0.25, 0.3) is 21.6 Å². The molecule has 4 nitrogen and oxygen atoms in total. The van der Waals surface area contributed by atoms with Crippen molar-refractivity contribution in [1.29, 1.82) is 0 Å². The first kappa shape index (κ1) is 13.3. The van der Waals surface area contributed by atoms with Crippen molar-refractivity contribution in [2.24, 2.45) is 0 Å². The number of rotatable bonds is 2. The van der Waals surface area contributed by atoms with Crippen LogP contribution in [-0.4, -0.2) is 22.0 Å². The van der Waals surface area contributed by atoms with Crippen molar-refractivity contribution < 1.29 is 0 Å². The summed E-state index contributed by atoms with van der Waals surface area (Å²) in [5.41, 5.74) is 1.83. The second-order valence-corrected chi connectivity index (χ2v) is 6.09. The van der Waals surface area contributed by atoms with Gasteiger partial charge < -0.3 is 5.32 Å². The minimum absolute atomic E-state index is 0.676. The molecule has 0 saturated carbocycles. The molecule has 0 aliphatic heterocycles. The summed E-state index contributed by atoms with van der Waals surface area (Å²) in [5, 5.41) is 5.72. The van der Waals surface area contributed by atoms with E-state index >= 15 is 0 Å². The lowest BCUT2D eigenvalue weighted by Gasteiger charge is -2.07. The Morgan fingerprint density at radius 3 is 2.60 bits per heavy atom. The molecule has 20 heavy (non-hydrogen) atoms. The average molecular weight is 305 g/mol. The predicted molar refractivity (Wildman–Crippen MR) is 84.7 cm³/mol. The lowest BCUT2D eigenvalue weighted by Crippen LogP contribution is -1.98. The Kier molecular flexibility index (Phi) is 3.31. The summed E-state index contributed by atoms with van der Waals surface area (Å²) in [5.74, 6) is 1.48. The first-order valence-corrected chi connectivity index (χ1v) is 7.37. The van der Waals surface area contributed by atoms with E-state index in [1.807, 2.05) is 39.1 Å². The van der Waals surface area contributed by atoms with Crippen LogP contribution in [0.2, 0.25) is 5.02 Å². The van der Waals surface area contributed by atoms with Gasteiger partial charge >= 0.3 is 0 Å². The van der Waals surface area contributed by atoms with Gasteiger partial charge in [0, 0.05) is 17.5 Å². The number of aromatic nitrogens is 3. The number of fused-ring (bicyclic) bond motifs is 1. The number of hydrogen-bond donors (Lipinski definition) is 1. The van der Waals surface area contributed by atoms with Gasteiger partial charge in [0.25, 0.3) is 0 Å². The van der Waals surface area contributed by atoms with Crippen molar-refractivity contribution in [1.82, 2.24) is 15.0 Å². The number of aryl methyl sites for hydroxylation is 2. The fourth-order valence-corrected chi connectivity index (χ4v) is 3.16. The van der Waals surface area contributed by atoms with Gasteiger partial charge in [-0.25, -0.2) is 15.0 Å². The third-order valence-electron chi connectivity index (χ3n) is 3.00. The van der Waals surface area contributed by atoms with Gasteiger partial charge in [-0.1, -0.05) is 11.6 Å². The Labute approximate surface area is 125 Å². The second kappa shape index (κ2) is 5.00. The number of benzene rings is 1. The van der Waals surface area contributed by atoms with Crippen LogP contribution in [0.3, 0.4) is 0 Å². The van der Waals surface area contributed by atoms with Gasteiger partial charge in [0.1, 0.15) is 5.82 Å². The van der Waals surface area contributed by atoms with E-state index in [4.69, 9.17) is 11.6 Å². The molecule has 0 aliphatic carbocycles. The fraction of sp³-hybridized carbons (Fsp3) is 0.214. The molecule has 2 heterocycles. The van der Waals surface area contributed by atoms with E-state index in [9.17, 15) is 0 Å². The molecule has 1 aromatic carbocycles. The zero-order chi connectivity index (χ0) is 14.3. The Morgan fingerprint density at radius 1 is 1.15 bits per heavy atom. The quantitative estimate of drug-likeness (QED) is 0.775. The number of nitrogens with zero attached hydrogens (tertiary/aromatic N) is 3. The maximum atomic E-state index is 6.04. The highest BCUT2D eigenvalue weighted by molar-refractivity contribution is 7.15. The monoisotopic (exact) mass is 304 g/mol. The molecule has 3 rings (SSSR count). The molecule has 0 unspecified atom stereocenters. The summed E-state index contributed by atoms with van der Waals surface area (Å²) in [6.45, 7) is 3.97. The van der Waals surface area contributed by atoms with Gasteiger partial charge in [-0.05, 0) is 32.0 Å². The van der Waals surface area contributed by atoms with Gasteiger partial charge in [-0.2, -0.15) is 0 Å². The van der Waals surface area contributed by atoms with E-state index in [0.717, 1.165) is 32.3 Å². The third-order valence-corrected chi connectivity index (χ3v) is 4.31. The lowest BCUT2D eigenvalue weighted by atomic mass is 10.2. The highest BCUT2D eigenvalue weighted by Crippen LogP contribution is 2.31. The van der Waals surface area contributed by atoms with Crippen LogP contribution in [0.15, 0.2) is 18.2 Å². The van der Waals surface area contributed by atoms with E-state index in [1.54, 1.807) is 11.3 Å². The highest BCUT2D eigenvalue weighted by atomic mass is 35.5. The number of thiazole rings is 1. The number of anilines is 1. The molecule has 0 aliphatic rings. The molecular weight excluding hydrogens is 292 g/mol. The summed E-state index contributed by atoms with van der Waals surface area (Å²) in [4.78, 5) is 14.7. The Bertz CT molecular complexity index is 797. The van der Waals surface area contributed by atoms with E-state index in [2.05, 4.69) is 20.3 Å². The molecule has 0 saturated heterocycles. The lowest BCUT2D eigenvalue weighted by molar-refractivity contribution is 1.17. The van der Waals surface area contributed by atoms with Crippen LogP contribution in [0.5, 0.6) is 0 Å². The zero-order valence-corrected chi connectivity index (χ0v) is 12.9. The van der Waals surface area contributed by atoms with Crippen LogP contribution in [0.1, 0.15) is 10.7 Å². The smallest absolute Gasteiger partial charge is 0.174 e. The molecule has 6 heteroatoms. The van der Waals surface area contributed by atoms with Gasteiger partial charge in [0.2, 0.25) is 0 Å². The summed E-state index contributed by atoms with van der Waals surface area (Å²) >= 11 is 7.65. The molecule has 0 spiro atoms. The Balaban J connectivity index is 2.28. The Morgan fingerprint density at radius 2 is 1.95 bits per heavy atom. The maximum Gasteiger partial charge on any atom is 0.174 e. The molecule has 0 bridgehead atoms. The minimum atomic E-state index is 0.676. The topological polar surface area (TPSA) is 50.7 Å². The van der Waals surface area contributed by atoms with Gasteiger partial charge in [-0.15, -0.1) is 11.3 Å². The van der Waals surface area contributed by atoms with Crippen molar-refractivity contribution in [3.05, 3.63) is 33.9 Å². The summed E-state index contributed by atoms with van der Waals surface area (Å²) in [7, 11) is 1.84. The summed E-state index contributed by atoms with van der Waals surface area (Å²) < 4.78 is 0. The molecule has 0 radical (unpaired) electrons. The molecule has 0 fully saturated rings. The van der Waals surface area contributed by atoms with Gasteiger partial charge in [-0.3, -0.25) is 0 Å². The van der Waals surface area contributed by atoms with Crippen LogP contribution in [0, 0.1) is 13.8 Å². The van der Waals surface area contributed by atoms with Gasteiger partial charge in [0.15, 0.2) is 5.82 Å². The van der Waals surface area contributed by atoms with Crippen LogP contribution >= 0.6 is 22.9 Å². The predicted octanol–water partition coefficient (Wildman–Crippen LogP) is 4.07. The van der Waals surface area contributed by atoms with Crippen molar-refractivity contribution in [2.75, 3.05) is 12.4 Å². The van der Waals surface area contributed by atoms with E-state index in [0.29, 0.717) is 10.8 Å². The van der Waals surface area contributed by atoms with Crippen molar-refractivity contribution in [2.45, 2.75) is 13.8 Å². The van der Waals surface area contributed by atoms with Crippen LogP contribution in [0.4, 0.5) is 5.82 Å². The fourth-order valence-electron chi connectivity index (χ4n) is 2.13. The second-order valence-electron chi connectivity index (χ2n) is 4.45. The number of nitrogens with one attached hydrogen (secondary N) is 1. The number of halogens is 1. The van der Waals surface area contributed by atoms with Crippen molar-refractivity contribution in [3.63, 3.8) is 0 Å². The van der Waals surface area contributed by atoms with Crippen molar-refractivity contribution in [3.8, 4) is 10.7 Å². The molecule has 0 amide bonds. The van der Waals surface area contributed by atoms with E-state index < -0.39 is 0 Å². The van der Waals surface area contributed by atoms with E-state index in [1.165, 1.54) is 0 Å². The maximum absolute atomic E-state index is 6.04. The molecule has 3 aromatic rings. The van der Waals surface area contributed by atoms with Crippen LogP contribution in [-0.2, 0) is 0 Å². The van der Waals surface area contributed by atoms with Gasteiger partial charge in [0.05, 0.1) is 21.1 Å². The van der Waals surface area contributed by atoms with Crippen LogP contribution < -0.4 is 5.32 Å². The molecule has 1 N–H and O–H groups in total. The molecule has 0 atom stereocenters. The molecular formula is C14H13ClN4S. The molecule has 2 aromatic heterocycles. The Hall–Kier alpha value is -1.72. The van der Waals surface area contributed by atoms with E-state index in [-0.39, 0.29) is 0 Å². The SMILES string of the molecule is CNc1nc(-c2sc(C)nc2C)nc2ccc(Cl)cc12. The minimum Gasteiger partial charge on any atom is -0.373 e. The largest absolute Gasteiger partial charge is 0.373 e. The first-order valence-electron chi connectivity index (χ1n) is 6.18.